The fraction of sp³-hybridized carbons (Fsp3) is 0.250. The minimum atomic E-state index is -0.501. The minimum absolute atomic E-state index is 0.0740. The summed E-state index contributed by atoms with van der Waals surface area (Å²) in [6.07, 6.45) is 0. The predicted molar refractivity (Wildman–Crippen MR) is 87.5 cm³/mol. The quantitative estimate of drug-likeness (QED) is 0.441. The summed E-state index contributed by atoms with van der Waals surface area (Å²) in [4.78, 5) is 11.0. The summed E-state index contributed by atoms with van der Waals surface area (Å²) >= 11 is 0. The second-order valence-corrected chi connectivity index (χ2v) is 5.61. The third-order valence-corrected chi connectivity index (χ3v) is 3.98. The van der Waals surface area contributed by atoms with Crippen molar-refractivity contribution in [2.75, 3.05) is 5.73 Å². The normalized spacial score (nSPS) is 11.0. The summed E-state index contributed by atoms with van der Waals surface area (Å²) < 4.78 is 10.4. The molecule has 3 rings (SSSR count). The van der Waals surface area contributed by atoms with Crippen LogP contribution in [0.25, 0.3) is 22.3 Å². The third-order valence-electron chi connectivity index (χ3n) is 3.98. The van der Waals surface area contributed by atoms with E-state index < -0.39 is 4.92 Å². The third kappa shape index (κ3) is 2.32. The van der Waals surface area contributed by atoms with Crippen LogP contribution in [-0.2, 0) is 0 Å². The Hall–Kier alpha value is -3.16. The number of nitro benzene ring substituents is 1. The van der Waals surface area contributed by atoms with Gasteiger partial charge in [-0.1, -0.05) is 10.3 Å². The Bertz CT molecular complexity index is 916. The molecule has 124 valence electrons. The predicted octanol–water partition coefficient (Wildman–Crippen LogP) is 3.72. The van der Waals surface area contributed by atoms with Gasteiger partial charge in [-0.2, -0.15) is 0 Å². The molecule has 0 saturated carbocycles. The van der Waals surface area contributed by atoms with Gasteiger partial charge in [0.15, 0.2) is 0 Å². The number of hydrogen-bond acceptors (Lipinski definition) is 7. The van der Waals surface area contributed by atoms with Crippen molar-refractivity contribution in [2.24, 2.45) is 0 Å². The first-order valence-corrected chi connectivity index (χ1v) is 7.25. The van der Waals surface area contributed by atoms with E-state index in [4.69, 9.17) is 14.8 Å². The zero-order chi connectivity index (χ0) is 17.6. The Morgan fingerprint density at radius 1 is 1.00 bits per heavy atom. The summed E-state index contributed by atoms with van der Waals surface area (Å²) in [5, 5.41) is 19.3. The molecule has 0 fully saturated rings. The zero-order valence-corrected chi connectivity index (χ0v) is 13.7. The first-order valence-electron chi connectivity index (χ1n) is 7.25. The van der Waals surface area contributed by atoms with E-state index in [1.165, 1.54) is 6.07 Å². The Labute approximate surface area is 137 Å². The topological polar surface area (TPSA) is 121 Å². The van der Waals surface area contributed by atoms with E-state index in [1.807, 2.05) is 0 Å². The molecule has 24 heavy (non-hydrogen) atoms. The van der Waals surface area contributed by atoms with E-state index in [0.29, 0.717) is 45.2 Å². The molecule has 0 aliphatic rings. The fourth-order valence-corrected chi connectivity index (χ4v) is 2.90. The van der Waals surface area contributed by atoms with Gasteiger partial charge in [-0.15, -0.1) is 0 Å². The van der Waals surface area contributed by atoms with Gasteiger partial charge < -0.3 is 14.8 Å². The van der Waals surface area contributed by atoms with Gasteiger partial charge in [0.25, 0.3) is 5.69 Å². The number of aryl methyl sites for hydroxylation is 4. The molecule has 0 radical (unpaired) electrons. The molecule has 2 N–H and O–H groups in total. The lowest BCUT2D eigenvalue weighted by atomic mass is 9.95. The number of rotatable bonds is 3. The van der Waals surface area contributed by atoms with Gasteiger partial charge in [-0.3, -0.25) is 10.1 Å². The van der Waals surface area contributed by atoms with Gasteiger partial charge in [-0.05, 0) is 39.3 Å². The highest BCUT2D eigenvalue weighted by molar-refractivity contribution is 5.89. The molecule has 0 bridgehead atoms. The Balaban J connectivity index is 2.37. The largest absolute Gasteiger partial charge is 0.393 e. The molecule has 0 amide bonds. The summed E-state index contributed by atoms with van der Waals surface area (Å²) in [6, 6.07) is 3.21. The van der Waals surface area contributed by atoms with Gasteiger partial charge in [0.1, 0.15) is 17.2 Å². The molecule has 0 spiro atoms. The number of nitrogens with zero attached hydrogens (tertiary/aromatic N) is 3. The van der Waals surface area contributed by atoms with Gasteiger partial charge in [-0.25, -0.2) is 0 Å². The van der Waals surface area contributed by atoms with Crippen molar-refractivity contribution in [3.8, 4) is 22.3 Å². The van der Waals surface area contributed by atoms with Crippen LogP contribution in [0.5, 0.6) is 0 Å². The van der Waals surface area contributed by atoms with Crippen molar-refractivity contribution < 1.29 is 14.0 Å². The summed E-state index contributed by atoms with van der Waals surface area (Å²) in [7, 11) is 0. The van der Waals surface area contributed by atoms with E-state index >= 15 is 0 Å². The summed E-state index contributed by atoms with van der Waals surface area (Å²) in [6.45, 7) is 7.04. The van der Waals surface area contributed by atoms with Gasteiger partial charge in [0, 0.05) is 22.8 Å². The van der Waals surface area contributed by atoms with Crippen LogP contribution >= 0.6 is 0 Å². The summed E-state index contributed by atoms with van der Waals surface area (Å²) in [5.41, 5.74) is 9.72. The van der Waals surface area contributed by atoms with Crippen LogP contribution in [-0.4, -0.2) is 15.2 Å². The molecule has 2 heterocycles. The van der Waals surface area contributed by atoms with Crippen LogP contribution in [0.2, 0.25) is 0 Å². The Morgan fingerprint density at radius 3 is 2.00 bits per heavy atom. The van der Waals surface area contributed by atoms with Crippen molar-refractivity contribution in [3.63, 3.8) is 0 Å². The molecule has 0 unspecified atom stereocenters. The van der Waals surface area contributed by atoms with Crippen molar-refractivity contribution in [3.05, 3.63) is 45.2 Å². The number of hydrogen-bond donors (Lipinski definition) is 1. The van der Waals surface area contributed by atoms with E-state index in [0.717, 1.165) is 0 Å². The molecule has 1 aromatic carbocycles. The molecular formula is C16H16N4O4. The van der Waals surface area contributed by atoms with E-state index in [1.54, 1.807) is 33.8 Å². The number of nitrogens with two attached hydrogens (primary N) is 1. The maximum atomic E-state index is 11.5. The zero-order valence-electron chi connectivity index (χ0n) is 13.7. The van der Waals surface area contributed by atoms with E-state index in [2.05, 4.69) is 10.3 Å². The number of aromatic nitrogens is 2. The van der Waals surface area contributed by atoms with Crippen molar-refractivity contribution in [1.82, 2.24) is 10.3 Å². The standard InChI is InChI=1S/C16H16N4O4/c1-7-14(9(3)23-18-7)11-5-12(15-8(2)19-24-10(15)4)16(17)13(6-11)20(21)22/h5-6H,17H2,1-4H3. The molecule has 0 aliphatic heterocycles. The van der Waals surface area contributed by atoms with Gasteiger partial charge >= 0.3 is 0 Å². The molecule has 0 saturated heterocycles. The first-order chi connectivity index (χ1) is 11.3. The Morgan fingerprint density at radius 2 is 1.54 bits per heavy atom. The number of anilines is 1. The maximum absolute atomic E-state index is 11.5. The molecule has 3 aromatic rings. The van der Waals surface area contributed by atoms with Crippen LogP contribution in [0.3, 0.4) is 0 Å². The molecule has 8 heteroatoms. The smallest absolute Gasteiger partial charge is 0.293 e. The molecule has 0 atom stereocenters. The van der Waals surface area contributed by atoms with Crippen molar-refractivity contribution in [1.29, 1.82) is 0 Å². The fourth-order valence-electron chi connectivity index (χ4n) is 2.90. The van der Waals surface area contributed by atoms with Gasteiger partial charge in [0.05, 0.1) is 16.3 Å². The molecule has 2 aromatic heterocycles. The van der Waals surface area contributed by atoms with Crippen molar-refractivity contribution >= 4 is 11.4 Å². The van der Waals surface area contributed by atoms with Crippen LogP contribution in [0.4, 0.5) is 11.4 Å². The maximum Gasteiger partial charge on any atom is 0.293 e. The Kier molecular flexibility index (Phi) is 3.59. The van der Waals surface area contributed by atoms with Crippen LogP contribution in [0.1, 0.15) is 22.9 Å². The monoisotopic (exact) mass is 328 g/mol. The highest BCUT2D eigenvalue weighted by Gasteiger charge is 2.24. The number of nitrogen functional groups attached to an aromatic ring is 1. The van der Waals surface area contributed by atoms with E-state index in [-0.39, 0.29) is 11.4 Å². The van der Waals surface area contributed by atoms with Crippen LogP contribution < -0.4 is 5.73 Å². The second-order valence-electron chi connectivity index (χ2n) is 5.61. The molecule has 8 nitrogen and oxygen atoms in total. The lowest BCUT2D eigenvalue weighted by Gasteiger charge is -2.10. The van der Waals surface area contributed by atoms with Crippen molar-refractivity contribution in [2.45, 2.75) is 27.7 Å². The van der Waals surface area contributed by atoms with E-state index in [9.17, 15) is 10.1 Å². The SMILES string of the molecule is Cc1noc(C)c1-c1cc(-c2c(C)noc2C)c(N)c([N+](=O)[O-])c1. The second kappa shape index (κ2) is 5.48. The summed E-state index contributed by atoms with van der Waals surface area (Å²) in [5.74, 6) is 1.13. The lowest BCUT2D eigenvalue weighted by molar-refractivity contribution is -0.383. The minimum Gasteiger partial charge on any atom is -0.393 e. The average Bonchev–Trinajstić information content (AvgIpc) is 3.02. The molecular weight excluding hydrogens is 312 g/mol. The lowest BCUT2D eigenvalue weighted by Crippen LogP contribution is -2.00. The van der Waals surface area contributed by atoms with Crippen LogP contribution in [0.15, 0.2) is 21.2 Å². The first kappa shape index (κ1) is 15.7. The number of benzene rings is 1. The van der Waals surface area contributed by atoms with Gasteiger partial charge in [0.2, 0.25) is 0 Å². The highest BCUT2D eigenvalue weighted by atomic mass is 16.6. The molecule has 0 aliphatic carbocycles. The average molecular weight is 328 g/mol. The van der Waals surface area contributed by atoms with Crippen LogP contribution in [0, 0.1) is 37.8 Å². The number of nitro groups is 1. The highest BCUT2D eigenvalue weighted by Crippen LogP contribution is 2.41.